The fourth-order valence-corrected chi connectivity index (χ4v) is 4.60. The molecule has 0 unspecified atom stereocenters. The minimum atomic E-state index is -3.92. The smallest absolute Gasteiger partial charge is 0.245 e. The Morgan fingerprint density at radius 2 is 1.13 bits per heavy atom. The Bertz CT molecular complexity index is 1410. The molecule has 0 fully saturated rings. The summed E-state index contributed by atoms with van der Waals surface area (Å²) in [5.74, 6) is 0. The number of fused-ring (bicyclic) bond motifs is 1. The van der Waals surface area contributed by atoms with Crippen LogP contribution in [0.1, 0.15) is 11.1 Å². The molecule has 0 radical (unpaired) electrons. The van der Waals surface area contributed by atoms with Gasteiger partial charge in [0, 0.05) is 11.1 Å². The van der Waals surface area contributed by atoms with E-state index in [4.69, 9.17) is 0 Å². The van der Waals surface area contributed by atoms with Crippen LogP contribution in [0.4, 0.5) is 5.69 Å². The van der Waals surface area contributed by atoms with Crippen LogP contribution in [0.2, 0.25) is 0 Å². The third-order valence-electron chi connectivity index (χ3n) is 5.13. The molecule has 0 saturated heterocycles. The van der Waals surface area contributed by atoms with E-state index in [1.807, 2.05) is 84.9 Å². The van der Waals surface area contributed by atoms with Gasteiger partial charge in [-0.25, -0.2) is 4.99 Å². The highest BCUT2D eigenvalue weighted by atomic mass is 32.2. The minimum Gasteiger partial charge on any atom is -0.245 e. The normalized spacial score (nSPS) is 14.3. The van der Waals surface area contributed by atoms with Crippen molar-refractivity contribution in [3.8, 4) is 11.1 Å². The first kappa shape index (κ1) is 19.2. The average Bonchev–Trinajstić information content (AvgIpc) is 3.18. The number of hydrogen-bond donors (Lipinski definition) is 0. The molecule has 0 aromatic heterocycles. The molecule has 0 amide bonds. The van der Waals surface area contributed by atoms with Crippen LogP contribution in [0.15, 0.2) is 123 Å². The second-order valence-electron chi connectivity index (χ2n) is 7.15. The first-order chi connectivity index (χ1) is 15.1. The fraction of sp³-hybridized carbons (Fsp3) is 0. The highest BCUT2D eigenvalue weighted by Crippen LogP contribution is 2.31. The molecule has 0 N–H and O–H groups in total. The number of sulfonamides is 1. The summed E-state index contributed by atoms with van der Waals surface area (Å²) in [6.07, 6.45) is 0. The van der Waals surface area contributed by atoms with E-state index < -0.39 is 10.0 Å². The molecular weight excluding hydrogens is 404 g/mol. The Labute approximate surface area is 181 Å². The fourth-order valence-electron chi connectivity index (χ4n) is 3.58. The second-order valence-corrected chi connectivity index (χ2v) is 8.75. The van der Waals surface area contributed by atoms with Crippen LogP contribution in [-0.2, 0) is 10.0 Å². The van der Waals surface area contributed by atoms with E-state index in [9.17, 15) is 8.42 Å². The number of nitrogens with zero attached hydrogens (tertiary/aromatic N) is 2. The van der Waals surface area contributed by atoms with Gasteiger partial charge in [-0.3, -0.25) is 0 Å². The van der Waals surface area contributed by atoms with Gasteiger partial charge in [-0.1, -0.05) is 91.0 Å². The topological polar surface area (TPSA) is 58.9 Å². The zero-order valence-corrected chi connectivity index (χ0v) is 17.3. The van der Waals surface area contributed by atoms with Gasteiger partial charge < -0.3 is 0 Å². The molecule has 4 nitrogen and oxygen atoms in total. The van der Waals surface area contributed by atoms with Crippen LogP contribution < -0.4 is 0 Å². The quantitative estimate of drug-likeness (QED) is 0.426. The van der Waals surface area contributed by atoms with Gasteiger partial charge in [0.05, 0.1) is 16.3 Å². The van der Waals surface area contributed by atoms with Crippen molar-refractivity contribution in [1.29, 1.82) is 0 Å². The van der Waals surface area contributed by atoms with Gasteiger partial charge >= 0.3 is 0 Å². The van der Waals surface area contributed by atoms with Gasteiger partial charge in [-0.2, -0.15) is 12.8 Å². The van der Waals surface area contributed by atoms with Crippen molar-refractivity contribution in [3.63, 3.8) is 0 Å². The Kier molecular flexibility index (Phi) is 4.81. The first-order valence-corrected chi connectivity index (χ1v) is 11.3. The maximum atomic E-state index is 13.2. The summed E-state index contributed by atoms with van der Waals surface area (Å²) in [4.78, 5) is 4.81. The molecule has 0 spiro atoms. The predicted molar refractivity (Wildman–Crippen MR) is 125 cm³/mol. The number of para-hydroxylation sites is 1. The van der Waals surface area contributed by atoms with E-state index in [0.29, 0.717) is 17.0 Å². The SMILES string of the molecule is O=S(=O)(/N=C1/C(c2ccccc2)=Nc2ccccc21)c1ccc(-c2ccccc2)cc1. The zero-order valence-electron chi connectivity index (χ0n) is 16.5. The summed E-state index contributed by atoms with van der Waals surface area (Å²) in [5.41, 5.74) is 5.17. The van der Waals surface area contributed by atoms with E-state index in [2.05, 4.69) is 9.39 Å². The summed E-state index contributed by atoms with van der Waals surface area (Å²) in [5, 5.41) is 0. The molecule has 5 heteroatoms. The number of hydrogen-bond acceptors (Lipinski definition) is 3. The van der Waals surface area contributed by atoms with Crippen molar-refractivity contribution >= 4 is 27.1 Å². The molecule has 4 aromatic rings. The summed E-state index contributed by atoms with van der Waals surface area (Å²) in [6.45, 7) is 0. The van der Waals surface area contributed by atoms with Gasteiger partial charge in [-0.15, -0.1) is 0 Å². The summed E-state index contributed by atoms with van der Waals surface area (Å²) in [7, 11) is -3.92. The van der Waals surface area contributed by atoms with Crippen LogP contribution in [0.3, 0.4) is 0 Å². The van der Waals surface area contributed by atoms with E-state index in [0.717, 1.165) is 22.4 Å². The highest BCUT2D eigenvalue weighted by Gasteiger charge is 2.26. The summed E-state index contributed by atoms with van der Waals surface area (Å²) >= 11 is 0. The lowest BCUT2D eigenvalue weighted by atomic mass is 10.0. The molecule has 1 aliphatic rings. The van der Waals surface area contributed by atoms with Crippen molar-refractivity contribution in [2.45, 2.75) is 4.90 Å². The number of benzene rings is 4. The van der Waals surface area contributed by atoms with Crippen LogP contribution in [0.5, 0.6) is 0 Å². The summed E-state index contributed by atoms with van der Waals surface area (Å²) < 4.78 is 30.6. The van der Waals surface area contributed by atoms with E-state index in [-0.39, 0.29) is 4.90 Å². The molecule has 0 bridgehead atoms. The van der Waals surface area contributed by atoms with E-state index >= 15 is 0 Å². The lowest BCUT2D eigenvalue weighted by molar-refractivity contribution is 0.598. The van der Waals surface area contributed by atoms with E-state index in [1.54, 1.807) is 24.3 Å². The molecule has 0 aliphatic carbocycles. The Hall–Kier alpha value is -3.83. The van der Waals surface area contributed by atoms with Gasteiger partial charge in [0.2, 0.25) is 0 Å². The second kappa shape index (κ2) is 7.78. The van der Waals surface area contributed by atoms with Gasteiger partial charge in [-0.05, 0) is 29.3 Å². The molecule has 0 atom stereocenters. The number of aliphatic imine (C=N–C) groups is 1. The molecule has 0 saturated carbocycles. The molecular formula is C26H18N2O2S. The predicted octanol–water partition coefficient (Wildman–Crippen LogP) is 5.67. The maximum absolute atomic E-state index is 13.2. The Balaban J connectivity index is 1.57. The zero-order chi connectivity index (χ0) is 21.3. The van der Waals surface area contributed by atoms with Crippen LogP contribution in [0, 0.1) is 0 Å². The molecule has 5 rings (SSSR count). The Morgan fingerprint density at radius 3 is 1.81 bits per heavy atom. The van der Waals surface area contributed by atoms with Crippen LogP contribution in [-0.4, -0.2) is 19.8 Å². The molecule has 150 valence electrons. The average molecular weight is 423 g/mol. The highest BCUT2D eigenvalue weighted by molar-refractivity contribution is 7.90. The van der Waals surface area contributed by atoms with Crippen LogP contribution >= 0.6 is 0 Å². The maximum Gasteiger partial charge on any atom is 0.282 e. The lowest BCUT2D eigenvalue weighted by Gasteiger charge is -2.07. The van der Waals surface area contributed by atoms with Gasteiger partial charge in [0.15, 0.2) is 0 Å². The first-order valence-electron chi connectivity index (χ1n) is 9.86. The monoisotopic (exact) mass is 422 g/mol. The van der Waals surface area contributed by atoms with Crippen molar-refractivity contribution in [2.24, 2.45) is 9.39 Å². The third-order valence-corrected chi connectivity index (χ3v) is 6.42. The van der Waals surface area contributed by atoms with E-state index in [1.165, 1.54) is 0 Å². The van der Waals surface area contributed by atoms with Crippen molar-refractivity contribution in [1.82, 2.24) is 0 Å². The van der Waals surface area contributed by atoms with Crippen molar-refractivity contribution in [3.05, 3.63) is 120 Å². The lowest BCUT2D eigenvalue weighted by Crippen LogP contribution is -2.15. The van der Waals surface area contributed by atoms with Crippen molar-refractivity contribution in [2.75, 3.05) is 0 Å². The van der Waals surface area contributed by atoms with Gasteiger partial charge in [0.1, 0.15) is 5.71 Å². The van der Waals surface area contributed by atoms with Crippen molar-refractivity contribution < 1.29 is 8.42 Å². The Morgan fingerprint density at radius 1 is 0.581 bits per heavy atom. The summed E-state index contributed by atoms with van der Waals surface area (Å²) in [6, 6.07) is 33.6. The number of rotatable bonds is 4. The standard InChI is InChI=1S/C26H18N2O2S/c29-31(30,22-17-15-20(16-18-22)19-9-3-1-4-10-19)28-26-23-13-7-8-14-24(23)27-25(26)21-11-5-2-6-12-21/h1-18H/b28-26+. The van der Waals surface area contributed by atoms with Gasteiger partial charge in [0.25, 0.3) is 10.0 Å². The molecule has 4 aromatic carbocycles. The molecule has 1 aliphatic heterocycles. The molecule has 1 heterocycles. The third kappa shape index (κ3) is 3.71. The van der Waals surface area contributed by atoms with Crippen LogP contribution in [0.25, 0.3) is 11.1 Å². The minimum absolute atomic E-state index is 0.150. The largest absolute Gasteiger partial charge is 0.282 e. The molecule has 31 heavy (non-hydrogen) atoms.